The van der Waals surface area contributed by atoms with Gasteiger partial charge >= 0.3 is 5.97 Å². The molecule has 8 heteroatoms. The summed E-state index contributed by atoms with van der Waals surface area (Å²) in [7, 11) is 1.52. The van der Waals surface area contributed by atoms with Gasteiger partial charge in [0.15, 0.2) is 17.2 Å². The molecule has 0 saturated heterocycles. The van der Waals surface area contributed by atoms with Crippen molar-refractivity contribution in [3.63, 3.8) is 0 Å². The highest BCUT2D eigenvalue weighted by molar-refractivity contribution is 6.12. The van der Waals surface area contributed by atoms with Crippen LogP contribution in [0, 0.1) is 10.1 Å². The predicted octanol–water partition coefficient (Wildman–Crippen LogP) is 3.51. The van der Waals surface area contributed by atoms with Crippen LogP contribution >= 0.6 is 0 Å². The van der Waals surface area contributed by atoms with E-state index in [4.69, 9.17) is 14.2 Å². The van der Waals surface area contributed by atoms with E-state index in [1.807, 2.05) is 0 Å². The van der Waals surface area contributed by atoms with Gasteiger partial charge in [0.2, 0.25) is 5.90 Å². The van der Waals surface area contributed by atoms with Crippen molar-refractivity contribution in [2.24, 2.45) is 4.99 Å². The van der Waals surface area contributed by atoms with Crippen LogP contribution in [0.1, 0.15) is 11.1 Å². The topological polar surface area (TPSA) is 100 Å². The van der Waals surface area contributed by atoms with Gasteiger partial charge < -0.3 is 14.2 Å². The number of carbonyl (C=O) groups is 1. The number of carbonyl (C=O) groups excluding carboxylic acids is 1. The molecule has 0 bridgehead atoms. The third-order valence-corrected chi connectivity index (χ3v) is 3.79. The number of benzene rings is 2. The molecule has 1 aliphatic rings. The summed E-state index contributed by atoms with van der Waals surface area (Å²) >= 11 is 0. The smallest absolute Gasteiger partial charge is 0.363 e. The third-order valence-electron chi connectivity index (χ3n) is 3.79. The molecule has 1 heterocycles. The second-order valence-electron chi connectivity index (χ2n) is 5.65. The van der Waals surface area contributed by atoms with Gasteiger partial charge in [-0.1, -0.05) is 18.7 Å². The highest BCUT2D eigenvalue weighted by Gasteiger charge is 2.24. The van der Waals surface area contributed by atoms with Crippen LogP contribution in [0.5, 0.6) is 11.5 Å². The van der Waals surface area contributed by atoms with Crippen molar-refractivity contribution in [3.05, 3.63) is 82.1 Å². The first-order valence-electron chi connectivity index (χ1n) is 8.21. The van der Waals surface area contributed by atoms with Gasteiger partial charge in [0.1, 0.15) is 6.61 Å². The molecule has 0 spiro atoms. The molecule has 3 rings (SSSR count). The SMILES string of the molecule is C=CCOc1ccc(/C=C2\N=C(c3ccc([N+](=O)[O-])cc3)OC2=O)cc1OC. The van der Waals surface area contributed by atoms with E-state index < -0.39 is 10.9 Å². The second-order valence-corrected chi connectivity index (χ2v) is 5.65. The van der Waals surface area contributed by atoms with Crippen molar-refractivity contribution >= 4 is 23.6 Å². The van der Waals surface area contributed by atoms with Crippen LogP contribution in [0.3, 0.4) is 0 Å². The molecular weight excluding hydrogens is 364 g/mol. The fraction of sp³-hybridized carbons (Fsp3) is 0.100. The van der Waals surface area contributed by atoms with Crippen molar-refractivity contribution in [2.45, 2.75) is 0 Å². The summed E-state index contributed by atoms with van der Waals surface area (Å²) in [6, 6.07) is 10.8. The monoisotopic (exact) mass is 380 g/mol. The van der Waals surface area contributed by atoms with Gasteiger partial charge in [0, 0.05) is 17.7 Å². The fourth-order valence-electron chi connectivity index (χ4n) is 2.46. The van der Waals surface area contributed by atoms with Crippen LogP contribution in [-0.4, -0.2) is 30.5 Å². The maximum absolute atomic E-state index is 12.1. The maximum Gasteiger partial charge on any atom is 0.363 e. The van der Waals surface area contributed by atoms with Crippen molar-refractivity contribution in [2.75, 3.05) is 13.7 Å². The minimum absolute atomic E-state index is 0.0599. The van der Waals surface area contributed by atoms with Gasteiger partial charge in [-0.15, -0.1) is 0 Å². The Balaban J connectivity index is 1.86. The Bertz CT molecular complexity index is 992. The first-order valence-corrected chi connectivity index (χ1v) is 8.21. The Morgan fingerprint density at radius 1 is 1.21 bits per heavy atom. The first kappa shape index (κ1) is 18.8. The third kappa shape index (κ3) is 4.07. The lowest BCUT2D eigenvalue weighted by Gasteiger charge is -2.09. The Kier molecular flexibility index (Phi) is 5.50. The van der Waals surface area contributed by atoms with E-state index in [1.54, 1.807) is 30.4 Å². The fourth-order valence-corrected chi connectivity index (χ4v) is 2.46. The van der Waals surface area contributed by atoms with E-state index in [0.29, 0.717) is 29.2 Å². The number of esters is 1. The molecular formula is C20H16N2O6. The number of non-ortho nitro benzene ring substituents is 1. The van der Waals surface area contributed by atoms with Crippen LogP contribution in [0.2, 0.25) is 0 Å². The van der Waals surface area contributed by atoms with Crippen LogP contribution in [0.4, 0.5) is 5.69 Å². The molecule has 1 aliphatic heterocycles. The maximum atomic E-state index is 12.1. The minimum atomic E-state index is -0.612. The average molecular weight is 380 g/mol. The highest BCUT2D eigenvalue weighted by atomic mass is 16.6. The number of aliphatic imine (C=N–C) groups is 1. The quantitative estimate of drug-likeness (QED) is 0.240. The van der Waals surface area contributed by atoms with Gasteiger partial charge in [-0.25, -0.2) is 9.79 Å². The van der Waals surface area contributed by atoms with E-state index in [9.17, 15) is 14.9 Å². The lowest BCUT2D eigenvalue weighted by molar-refractivity contribution is -0.384. The Hall–Kier alpha value is -3.94. The standard InChI is InChI=1S/C20H16N2O6/c1-3-10-27-17-9-4-13(12-18(17)26-2)11-16-20(23)28-19(21-16)14-5-7-15(8-6-14)22(24)25/h3-9,11-12H,1,10H2,2H3/b16-11-. The van der Waals surface area contributed by atoms with E-state index in [2.05, 4.69) is 11.6 Å². The van der Waals surface area contributed by atoms with Crippen molar-refractivity contribution in [1.82, 2.24) is 0 Å². The first-order chi connectivity index (χ1) is 13.5. The number of hydrogen-bond acceptors (Lipinski definition) is 7. The number of nitro benzene ring substituents is 1. The zero-order valence-electron chi connectivity index (χ0n) is 15.0. The molecule has 2 aromatic carbocycles. The lowest BCUT2D eigenvalue weighted by atomic mass is 10.1. The van der Waals surface area contributed by atoms with Crippen LogP contribution < -0.4 is 9.47 Å². The summed E-state index contributed by atoms with van der Waals surface area (Å²) in [6.45, 7) is 3.94. The van der Waals surface area contributed by atoms with Gasteiger partial charge in [0.25, 0.3) is 5.69 Å². The average Bonchev–Trinajstić information content (AvgIpc) is 3.07. The minimum Gasteiger partial charge on any atom is -0.493 e. The van der Waals surface area contributed by atoms with Crippen molar-refractivity contribution in [3.8, 4) is 11.5 Å². The second kappa shape index (κ2) is 8.17. The summed E-state index contributed by atoms with van der Waals surface area (Å²) in [5, 5.41) is 10.7. The van der Waals surface area contributed by atoms with Crippen LogP contribution in [-0.2, 0) is 9.53 Å². The van der Waals surface area contributed by atoms with Gasteiger partial charge in [0.05, 0.1) is 12.0 Å². The number of cyclic esters (lactones) is 1. The van der Waals surface area contributed by atoms with E-state index in [1.165, 1.54) is 31.4 Å². The zero-order valence-corrected chi connectivity index (χ0v) is 15.0. The Morgan fingerprint density at radius 3 is 2.61 bits per heavy atom. The van der Waals surface area contributed by atoms with Crippen molar-refractivity contribution < 1.29 is 23.9 Å². The summed E-state index contributed by atoms with van der Waals surface area (Å²) in [5.41, 5.74) is 1.18. The molecule has 2 aromatic rings. The Morgan fingerprint density at radius 2 is 1.96 bits per heavy atom. The molecule has 28 heavy (non-hydrogen) atoms. The summed E-state index contributed by atoms with van der Waals surface area (Å²) in [5.74, 6) is 0.527. The molecule has 0 N–H and O–H groups in total. The van der Waals surface area contributed by atoms with Gasteiger partial charge in [-0.2, -0.15) is 0 Å². The predicted molar refractivity (Wildman–Crippen MR) is 102 cm³/mol. The van der Waals surface area contributed by atoms with E-state index in [0.717, 1.165) is 0 Å². The molecule has 0 atom stereocenters. The highest BCUT2D eigenvalue weighted by Crippen LogP contribution is 2.30. The van der Waals surface area contributed by atoms with E-state index in [-0.39, 0.29) is 17.3 Å². The molecule has 0 saturated carbocycles. The van der Waals surface area contributed by atoms with Gasteiger partial charge in [-0.3, -0.25) is 10.1 Å². The Labute approximate surface area is 160 Å². The molecule has 0 amide bonds. The molecule has 0 radical (unpaired) electrons. The summed E-state index contributed by atoms with van der Waals surface area (Å²) in [4.78, 5) is 26.5. The number of ether oxygens (including phenoxy) is 3. The van der Waals surface area contributed by atoms with Crippen LogP contribution in [0.25, 0.3) is 6.08 Å². The molecule has 0 unspecified atom stereocenters. The molecule has 142 valence electrons. The lowest BCUT2D eigenvalue weighted by Crippen LogP contribution is -2.05. The van der Waals surface area contributed by atoms with Gasteiger partial charge in [-0.05, 0) is 35.9 Å². The zero-order chi connectivity index (χ0) is 20.1. The summed E-state index contributed by atoms with van der Waals surface area (Å²) in [6.07, 6.45) is 3.18. The number of methoxy groups -OCH3 is 1. The summed E-state index contributed by atoms with van der Waals surface area (Å²) < 4.78 is 16.0. The molecule has 0 aliphatic carbocycles. The number of nitrogens with zero attached hydrogens (tertiary/aromatic N) is 2. The van der Waals surface area contributed by atoms with Crippen LogP contribution in [0.15, 0.2) is 65.8 Å². The largest absolute Gasteiger partial charge is 0.493 e. The number of rotatable bonds is 7. The number of hydrogen-bond donors (Lipinski definition) is 0. The number of nitro groups is 1. The molecule has 8 nitrogen and oxygen atoms in total. The van der Waals surface area contributed by atoms with Crippen molar-refractivity contribution in [1.29, 1.82) is 0 Å². The normalized spacial score (nSPS) is 14.4. The molecule has 0 aromatic heterocycles. The molecule has 0 fully saturated rings. The van der Waals surface area contributed by atoms with E-state index >= 15 is 0 Å².